The summed E-state index contributed by atoms with van der Waals surface area (Å²) in [6.07, 6.45) is 21.0. The molecule has 2 aromatic rings. The number of unbranched alkanes of at least 4 members (excludes halogenated alkanes) is 2. The van der Waals surface area contributed by atoms with Crippen LogP contribution >= 0.6 is 0 Å². The van der Waals surface area contributed by atoms with E-state index < -0.39 is 0 Å². The van der Waals surface area contributed by atoms with Gasteiger partial charge in [-0.1, -0.05) is 33.6 Å². The summed E-state index contributed by atoms with van der Waals surface area (Å²) in [6, 6.07) is 9.49. The number of aromatic nitrogens is 2. The third kappa shape index (κ3) is 7.34. The SMILES string of the molecule is CCCC[N+]1=CC2CCCN2[SiH2]1.CCCC[N+]1=Cc2cccn2[SiH2]1.CCC[N+]1=Cc2cccn2[SiH2]1. The first-order valence-corrected chi connectivity index (χ1v) is 17.8. The molecule has 1 saturated heterocycles. The van der Waals surface area contributed by atoms with Crippen LogP contribution in [0.3, 0.4) is 0 Å². The predicted molar refractivity (Wildman–Crippen MR) is 157 cm³/mol. The molecule has 190 valence electrons. The van der Waals surface area contributed by atoms with Gasteiger partial charge in [-0.05, 0) is 43.7 Å². The van der Waals surface area contributed by atoms with E-state index in [4.69, 9.17) is 0 Å². The summed E-state index contributed by atoms with van der Waals surface area (Å²) in [4.78, 5) is 0. The van der Waals surface area contributed by atoms with Crippen LogP contribution in [0.4, 0.5) is 0 Å². The second-order valence-electron chi connectivity index (χ2n) is 10.3. The average molecular weight is 528 g/mol. The Bertz CT molecular complexity index is 1040. The molecular weight excluding hydrogens is 481 g/mol. The molecule has 2 aromatic heterocycles. The van der Waals surface area contributed by atoms with E-state index in [-0.39, 0.29) is 29.5 Å². The van der Waals surface area contributed by atoms with Crippen LogP contribution in [0.1, 0.15) is 77.1 Å². The van der Waals surface area contributed by atoms with Crippen molar-refractivity contribution in [3.05, 3.63) is 48.0 Å². The molecule has 1 atom stereocenters. The quantitative estimate of drug-likeness (QED) is 0.472. The van der Waals surface area contributed by atoms with Crippen LogP contribution in [0.25, 0.3) is 0 Å². The molecule has 0 N–H and O–H groups in total. The lowest BCUT2D eigenvalue weighted by atomic mass is 10.2. The van der Waals surface area contributed by atoms with Crippen molar-refractivity contribution < 1.29 is 12.7 Å². The maximum Gasteiger partial charge on any atom is 0.446 e. The third-order valence-corrected chi connectivity index (χ3v) is 12.8. The van der Waals surface area contributed by atoms with E-state index in [1.807, 2.05) is 0 Å². The van der Waals surface area contributed by atoms with Gasteiger partial charge in [-0.3, -0.25) is 13.0 Å². The van der Waals surface area contributed by atoms with Gasteiger partial charge < -0.3 is 12.7 Å². The van der Waals surface area contributed by atoms with Gasteiger partial charge in [0.2, 0.25) is 0 Å². The van der Waals surface area contributed by atoms with E-state index in [1.54, 1.807) is 0 Å². The van der Waals surface area contributed by atoms with Crippen LogP contribution in [0.15, 0.2) is 36.7 Å². The smallest absolute Gasteiger partial charge is 0.320 e. The summed E-state index contributed by atoms with van der Waals surface area (Å²) in [7, 11) is -0.370. The summed E-state index contributed by atoms with van der Waals surface area (Å²) in [5.41, 5.74) is 2.79. The Morgan fingerprint density at radius 2 is 1.37 bits per heavy atom. The summed E-state index contributed by atoms with van der Waals surface area (Å²) < 4.78 is 15.2. The predicted octanol–water partition coefficient (Wildman–Crippen LogP) is 1.12. The molecule has 0 spiro atoms. The Morgan fingerprint density at radius 3 is 1.91 bits per heavy atom. The van der Waals surface area contributed by atoms with Gasteiger partial charge in [-0.2, -0.15) is 0 Å². The van der Waals surface area contributed by atoms with Gasteiger partial charge >= 0.3 is 29.5 Å². The highest BCUT2D eigenvalue weighted by Crippen LogP contribution is 2.17. The molecule has 4 aliphatic rings. The minimum atomic E-state index is -0.178. The molecule has 1 fully saturated rings. The Labute approximate surface area is 219 Å². The maximum absolute atomic E-state index is 2.73. The van der Waals surface area contributed by atoms with Gasteiger partial charge in [-0.15, -0.1) is 0 Å². The first-order valence-electron chi connectivity index (χ1n) is 14.0. The lowest BCUT2D eigenvalue weighted by Gasteiger charge is -2.06. The molecule has 0 amide bonds. The minimum absolute atomic E-state index is 0.0230. The first kappa shape index (κ1) is 26.2. The molecule has 9 heteroatoms. The van der Waals surface area contributed by atoms with Crippen molar-refractivity contribution in [2.75, 3.05) is 26.2 Å². The molecule has 0 aromatic carbocycles. The highest BCUT2D eigenvalue weighted by atomic mass is 28.2. The fourth-order valence-electron chi connectivity index (χ4n) is 5.34. The largest absolute Gasteiger partial charge is 0.446 e. The average Bonchev–Trinajstić information content (AvgIpc) is 3.65. The molecular formula is C26H47N6Si3+3. The first-order chi connectivity index (χ1) is 17.2. The highest BCUT2D eigenvalue weighted by molar-refractivity contribution is 6.28. The standard InChI is InChI=1S/C9H19N2Si.C9H15N2Si.C8H13N2Si/c2*1-2-3-6-10-8-9-5-4-7-11(9)12-10;1-2-5-9-7-8-4-3-6-10(8)11-9/h8-9H,2-7,12H2,1H3;4-5,7-8H,2-3,6,12H2,1H3;3-4,6-7H,2,5,11H2,1H3/q3*+1. The van der Waals surface area contributed by atoms with Gasteiger partial charge in [0.15, 0.2) is 12.4 Å². The number of hydrogen-bond donors (Lipinski definition) is 0. The lowest BCUT2D eigenvalue weighted by Crippen LogP contribution is -2.30. The second-order valence-corrected chi connectivity index (χ2v) is 15.8. The van der Waals surface area contributed by atoms with Crippen molar-refractivity contribution in [1.29, 1.82) is 0 Å². The van der Waals surface area contributed by atoms with Gasteiger partial charge in [0, 0.05) is 31.7 Å². The van der Waals surface area contributed by atoms with E-state index in [9.17, 15) is 0 Å². The summed E-state index contributed by atoms with van der Waals surface area (Å²) in [6.45, 7) is 12.0. The molecule has 35 heavy (non-hydrogen) atoms. The van der Waals surface area contributed by atoms with Crippen molar-refractivity contribution in [2.45, 2.75) is 71.8 Å². The van der Waals surface area contributed by atoms with E-state index in [1.165, 1.54) is 82.5 Å². The molecule has 0 bridgehead atoms. The lowest BCUT2D eigenvalue weighted by molar-refractivity contribution is -0.378. The van der Waals surface area contributed by atoms with Gasteiger partial charge in [0.25, 0.3) is 0 Å². The number of fused-ring (bicyclic) bond motifs is 3. The van der Waals surface area contributed by atoms with Crippen molar-refractivity contribution >= 4 is 48.2 Å². The summed E-state index contributed by atoms with van der Waals surface area (Å²) in [5.74, 6) is 0. The van der Waals surface area contributed by atoms with Gasteiger partial charge in [0.05, 0.1) is 17.4 Å². The molecule has 6 heterocycles. The Kier molecular flexibility index (Phi) is 10.1. The summed E-state index contributed by atoms with van der Waals surface area (Å²) in [5, 5.41) is 0. The van der Waals surface area contributed by atoms with E-state index >= 15 is 0 Å². The summed E-state index contributed by atoms with van der Waals surface area (Å²) >= 11 is 0. The van der Waals surface area contributed by atoms with Crippen LogP contribution in [0.2, 0.25) is 0 Å². The zero-order valence-corrected chi connectivity index (χ0v) is 26.6. The monoisotopic (exact) mass is 527 g/mol. The van der Waals surface area contributed by atoms with Crippen molar-refractivity contribution in [3.63, 3.8) is 0 Å². The molecule has 4 aliphatic heterocycles. The molecule has 0 aliphatic carbocycles. The minimum Gasteiger partial charge on any atom is -0.320 e. The topological polar surface area (TPSA) is 22.1 Å². The molecule has 0 radical (unpaired) electrons. The van der Waals surface area contributed by atoms with Crippen LogP contribution < -0.4 is 0 Å². The normalized spacial score (nSPS) is 21.7. The van der Waals surface area contributed by atoms with E-state index in [0.29, 0.717) is 0 Å². The van der Waals surface area contributed by atoms with Gasteiger partial charge in [0.1, 0.15) is 25.8 Å². The third-order valence-electron chi connectivity index (χ3n) is 7.30. The Morgan fingerprint density at radius 1 is 0.771 bits per heavy atom. The van der Waals surface area contributed by atoms with Crippen molar-refractivity contribution in [2.24, 2.45) is 0 Å². The fraction of sp³-hybridized carbons (Fsp3) is 0.577. The molecule has 1 unspecified atom stereocenters. The van der Waals surface area contributed by atoms with Gasteiger partial charge in [-0.25, -0.2) is 0 Å². The molecule has 0 saturated carbocycles. The van der Waals surface area contributed by atoms with E-state index in [2.05, 4.69) is 102 Å². The zero-order chi connectivity index (χ0) is 24.5. The Hall–Kier alpha value is -1.82. The van der Waals surface area contributed by atoms with Crippen LogP contribution in [-0.4, -0.2) is 106 Å². The van der Waals surface area contributed by atoms with Crippen molar-refractivity contribution in [3.8, 4) is 0 Å². The van der Waals surface area contributed by atoms with Crippen LogP contribution in [0.5, 0.6) is 0 Å². The van der Waals surface area contributed by atoms with Crippen LogP contribution in [-0.2, 0) is 0 Å². The van der Waals surface area contributed by atoms with Crippen molar-refractivity contribution in [1.82, 2.24) is 13.0 Å². The Balaban J connectivity index is 0.000000124. The zero-order valence-electron chi connectivity index (χ0n) is 22.4. The maximum atomic E-state index is 2.73. The fourth-order valence-corrected chi connectivity index (χ4v) is 10.6. The number of rotatable bonds is 8. The number of nitrogens with zero attached hydrogens (tertiary/aromatic N) is 6. The van der Waals surface area contributed by atoms with E-state index in [0.717, 1.165) is 6.04 Å². The second kappa shape index (κ2) is 13.5. The highest BCUT2D eigenvalue weighted by Gasteiger charge is 2.34. The molecule has 6 rings (SSSR count). The molecule has 6 nitrogen and oxygen atoms in total. The van der Waals surface area contributed by atoms with Crippen LogP contribution in [0, 0.1) is 0 Å². The number of hydrogen-bond acceptors (Lipinski definition) is 1.